The van der Waals surface area contributed by atoms with Gasteiger partial charge < -0.3 is 20.3 Å². The van der Waals surface area contributed by atoms with Crippen LogP contribution >= 0.6 is 0 Å². The van der Waals surface area contributed by atoms with Crippen LogP contribution in [-0.4, -0.2) is 29.1 Å². The van der Waals surface area contributed by atoms with Gasteiger partial charge in [-0.25, -0.2) is 9.18 Å². The fourth-order valence-corrected chi connectivity index (χ4v) is 2.46. The maximum atomic E-state index is 14.3. The van der Waals surface area contributed by atoms with E-state index >= 15 is 0 Å². The van der Waals surface area contributed by atoms with Gasteiger partial charge in [-0.2, -0.15) is 4.39 Å². The smallest absolute Gasteiger partial charge is 0.419 e. The van der Waals surface area contributed by atoms with Gasteiger partial charge in [0.25, 0.3) is 5.91 Å². The summed E-state index contributed by atoms with van der Waals surface area (Å²) in [5.41, 5.74) is 5.77. The van der Waals surface area contributed by atoms with E-state index in [1.807, 2.05) is 5.32 Å². The van der Waals surface area contributed by atoms with Crippen LogP contribution in [0.25, 0.3) is 6.08 Å². The van der Waals surface area contributed by atoms with Gasteiger partial charge in [-0.1, -0.05) is 12.1 Å². The molecule has 1 aliphatic heterocycles. The zero-order valence-electron chi connectivity index (χ0n) is 14.6. The fraction of sp³-hybridized carbons (Fsp3) is 0.105. The Hall–Kier alpha value is -3.79. The van der Waals surface area contributed by atoms with Crippen LogP contribution in [0.2, 0.25) is 0 Å². The fourth-order valence-electron chi connectivity index (χ4n) is 2.46. The summed E-state index contributed by atoms with van der Waals surface area (Å²) in [6, 6.07) is 7.26. The van der Waals surface area contributed by atoms with Gasteiger partial charge in [-0.3, -0.25) is 14.9 Å². The van der Waals surface area contributed by atoms with E-state index in [9.17, 15) is 23.2 Å². The van der Waals surface area contributed by atoms with Crippen molar-refractivity contribution in [1.29, 1.82) is 0 Å². The third-order valence-corrected chi connectivity index (χ3v) is 3.93. The number of ether oxygens (including phenoxy) is 2. The van der Waals surface area contributed by atoms with Gasteiger partial charge in [0, 0.05) is 5.56 Å². The second-order valence-corrected chi connectivity index (χ2v) is 6.03. The number of carboxylic acids is 1. The van der Waals surface area contributed by atoms with Gasteiger partial charge in [-0.15, -0.1) is 0 Å². The van der Waals surface area contributed by atoms with Crippen molar-refractivity contribution in [3.8, 4) is 11.5 Å². The highest BCUT2D eigenvalue weighted by Crippen LogP contribution is 2.29. The Bertz CT molecular complexity index is 1020. The van der Waals surface area contributed by atoms with Crippen molar-refractivity contribution in [1.82, 2.24) is 5.32 Å². The van der Waals surface area contributed by atoms with Crippen LogP contribution in [0.5, 0.6) is 11.5 Å². The summed E-state index contributed by atoms with van der Waals surface area (Å²) in [4.78, 5) is 33.2. The Morgan fingerprint density at radius 2 is 1.86 bits per heavy atom. The Balaban J connectivity index is 1.76. The maximum Gasteiger partial charge on any atom is 0.419 e. The number of nitrogens with two attached hydrogens (primary N) is 1. The molecule has 2 aromatic carbocycles. The first-order valence-corrected chi connectivity index (χ1v) is 8.22. The van der Waals surface area contributed by atoms with E-state index in [0.717, 1.165) is 18.2 Å². The molecule has 2 aromatic rings. The maximum absolute atomic E-state index is 14.3. The average molecular weight is 404 g/mol. The van der Waals surface area contributed by atoms with Gasteiger partial charge in [0.1, 0.15) is 11.8 Å². The molecule has 0 radical (unpaired) electrons. The lowest BCUT2D eigenvalue weighted by atomic mass is 10.1. The molecular formula is C19H14F2N2O6. The molecule has 150 valence electrons. The molecule has 2 amide bonds. The summed E-state index contributed by atoms with van der Waals surface area (Å²) in [7, 11) is 0. The lowest BCUT2D eigenvalue weighted by molar-refractivity contribution is -0.138. The minimum atomic E-state index is -1.30. The van der Waals surface area contributed by atoms with E-state index < -0.39 is 47.2 Å². The lowest BCUT2D eigenvalue weighted by Gasteiger charge is -2.10. The molecule has 1 aliphatic rings. The largest absolute Gasteiger partial charge is 0.480 e. The van der Waals surface area contributed by atoms with Crippen LogP contribution in [0.1, 0.15) is 11.1 Å². The first-order chi connectivity index (χ1) is 13.7. The van der Waals surface area contributed by atoms with Crippen molar-refractivity contribution in [2.45, 2.75) is 12.5 Å². The monoisotopic (exact) mass is 404 g/mol. The van der Waals surface area contributed by atoms with Gasteiger partial charge in [0.15, 0.2) is 17.3 Å². The Morgan fingerprint density at radius 3 is 2.45 bits per heavy atom. The van der Waals surface area contributed by atoms with E-state index in [-0.39, 0.29) is 17.7 Å². The summed E-state index contributed by atoms with van der Waals surface area (Å²) < 4.78 is 38.5. The highest BCUT2D eigenvalue weighted by Gasteiger charge is 2.27. The number of rotatable bonds is 6. The number of halogens is 2. The standard InChI is InChI=1S/C19H14F2N2O6/c20-15-10(8-14-17(24)23-19(27)29-14)3-6-13(16(15)21)28-11-4-1-9(2-5-11)7-12(22)18(25)26/h1-6,8,12H,7,22H2,(H,25,26)(H,23,24,27). The van der Waals surface area contributed by atoms with E-state index in [1.165, 1.54) is 12.1 Å². The highest BCUT2D eigenvalue weighted by molar-refractivity contribution is 6.09. The summed E-state index contributed by atoms with van der Waals surface area (Å²) in [5.74, 6) is -5.28. The molecule has 1 saturated heterocycles. The number of alkyl carbamates (subject to hydrolysis) is 1. The topological polar surface area (TPSA) is 128 Å². The molecule has 3 rings (SSSR count). The first-order valence-electron chi connectivity index (χ1n) is 8.22. The van der Waals surface area contributed by atoms with E-state index in [1.54, 1.807) is 12.1 Å². The van der Waals surface area contributed by atoms with Crippen LogP contribution < -0.4 is 15.8 Å². The lowest BCUT2D eigenvalue weighted by Crippen LogP contribution is -2.32. The zero-order valence-corrected chi connectivity index (χ0v) is 14.6. The normalized spacial score (nSPS) is 15.8. The molecule has 1 atom stereocenters. The predicted octanol–water partition coefficient (Wildman–Crippen LogP) is 2.32. The third kappa shape index (κ3) is 4.55. The number of cyclic esters (lactones) is 1. The number of hydrogen-bond donors (Lipinski definition) is 3. The molecule has 0 bridgehead atoms. The van der Waals surface area contributed by atoms with Crippen molar-refractivity contribution < 1.29 is 37.7 Å². The number of carbonyl (C=O) groups is 3. The highest BCUT2D eigenvalue weighted by atomic mass is 19.2. The molecule has 0 aromatic heterocycles. The number of carboxylic acid groups (broad SMARTS) is 1. The number of nitrogens with one attached hydrogen (secondary N) is 1. The van der Waals surface area contributed by atoms with Crippen LogP contribution in [0.15, 0.2) is 42.2 Å². The molecule has 0 aliphatic carbocycles. The summed E-state index contributed by atoms with van der Waals surface area (Å²) in [6.45, 7) is 0. The second-order valence-electron chi connectivity index (χ2n) is 6.03. The van der Waals surface area contributed by atoms with Crippen LogP contribution in [-0.2, 0) is 20.7 Å². The van der Waals surface area contributed by atoms with Crippen molar-refractivity contribution >= 4 is 24.0 Å². The van der Waals surface area contributed by atoms with Crippen LogP contribution in [0, 0.1) is 11.6 Å². The van der Waals surface area contributed by atoms with Gasteiger partial charge in [0.2, 0.25) is 5.82 Å². The SMILES string of the molecule is NC(Cc1ccc(Oc2ccc(C=C3OC(=O)NC3=O)c(F)c2F)cc1)C(=O)O. The molecule has 4 N–H and O–H groups in total. The molecule has 1 fully saturated rings. The van der Waals surface area contributed by atoms with E-state index in [2.05, 4.69) is 4.74 Å². The van der Waals surface area contributed by atoms with E-state index in [4.69, 9.17) is 15.6 Å². The summed E-state index contributed by atoms with van der Waals surface area (Å²) >= 11 is 0. The Labute approximate surface area is 162 Å². The quantitative estimate of drug-likeness (QED) is 0.631. The van der Waals surface area contributed by atoms with Gasteiger partial charge in [-0.05, 0) is 42.3 Å². The first kappa shape index (κ1) is 20.0. The van der Waals surface area contributed by atoms with E-state index in [0.29, 0.717) is 5.56 Å². The van der Waals surface area contributed by atoms with Gasteiger partial charge in [0.05, 0.1) is 0 Å². The van der Waals surface area contributed by atoms with Gasteiger partial charge >= 0.3 is 12.1 Å². The molecule has 1 unspecified atom stereocenters. The minimum absolute atomic E-state index is 0.0973. The molecule has 1 heterocycles. The number of carbonyl (C=O) groups excluding carboxylic acids is 2. The number of imide groups is 1. The predicted molar refractivity (Wildman–Crippen MR) is 94.8 cm³/mol. The van der Waals surface area contributed by atoms with Crippen LogP contribution in [0.4, 0.5) is 13.6 Å². The molecular weight excluding hydrogens is 390 g/mol. The minimum Gasteiger partial charge on any atom is -0.480 e. The summed E-state index contributed by atoms with van der Waals surface area (Å²) in [6.07, 6.45) is -0.0157. The number of amides is 2. The van der Waals surface area contributed by atoms with Crippen LogP contribution in [0.3, 0.4) is 0 Å². The molecule has 10 heteroatoms. The van der Waals surface area contributed by atoms with Crippen molar-refractivity contribution in [3.63, 3.8) is 0 Å². The zero-order chi connectivity index (χ0) is 21.1. The number of aliphatic carboxylic acids is 1. The molecule has 29 heavy (non-hydrogen) atoms. The van der Waals surface area contributed by atoms with Crippen molar-refractivity contribution in [2.75, 3.05) is 0 Å². The average Bonchev–Trinajstić information content (AvgIpc) is 2.99. The molecule has 0 spiro atoms. The third-order valence-electron chi connectivity index (χ3n) is 3.93. The summed E-state index contributed by atoms with van der Waals surface area (Å²) in [5, 5.41) is 10.6. The molecule has 0 saturated carbocycles. The van der Waals surface area contributed by atoms with Crippen molar-refractivity contribution in [3.05, 3.63) is 64.9 Å². The number of benzene rings is 2. The Kier molecular flexibility index (Phi) is 5.55. The Morgan fingerprint density at radius 1 is 1.17 bits per heavy atom. The molecule has 8 nitrogen and oxygen atoms in total. The number of hydrogen-bond acceptors (Lipinski definition) is 6. The van der Waals surface area contributed by atoms with Crippen molar-refractivity contribution in [2.24, 2.45) is 5.73 Å². The second kappa shape index (κ2) is 8.07.